The zero-order valence-electron chi connectivity index (χ0n) is 28.3. The summed E-state index contributed by atoms with van der Waals surface area (Å²) in [6.45, 7) is 5.99. The fourth-order valence-corrected chi connectivity index (χ4v) is 8.45. The Morgan fingerprint density at radius 2 is 1.81 bits per heavy atom. The van der Waals surface area contributed by atoms with Gasteiger partial charge in [-0.1, -0.05) is 26.0 Å². The molecule has 6 atom stereocenters. The van der Waals surface area contributed by atoms with Crippen LogP contribution >= 0.6 is 0 Å². The lowest BCUT2D eigenvalue weighted by Crippen LogP contribution is -2.57. The number of benzene rings is 1. The molecule has 4 aliphatic rings. The van der Waals surface area contributed by atoms with Crippen molar-refractivity contribution in [3.63, 3.8) is 0 Å². The number of carbonyl (C=O) groups excluding carboxylic acids is 3. The molecule has 0 radical (unpaired) electrons. The number of rotatable bonds is 7. The van der Waals surface area contributed by atoms with Gasteiger partial charge < -0.3 is 24.4 Å². The van der Waals surface area contributed by atoms with Gasteiger partial charge in [0.25, 0.3) is 5.91 Å². The second-order valence-electron chi connectivity index (χ2n) is 14.4. The van der Waals surface area contributed by atoms with E-state index in [1.54, 1.807) is 38.3 Å². The summed E-state index contributed by atoms with van der Waals surface area (Å²) in [6.07, 6.45) is 9.20. The highest BCUT2D eigenvalue weighted by atomic mass is 32.2. The molecule has 260 valence electrons. The lowest BCUT2D eigenvalue weighted by Gasteiger charge is -2.28. The number of fused-ring (bicyclic) bond motifs is 3. The van der Waals surface area contributed by atoms with Crippen LogP contribution in [0.2, 0.25) is 0 Å². The number of amides is 3. The van der Waals surface area contributed by atoms with Crippen molar-refractivity contribution < 1.29 is 37.0 Å². The summed E-state index contributed by atoms with van der Waals surface area (Å²) in [5, 5.41) is 4.43. The molecule has 0 spiro atoms. The third-order valence-electron chi connectivity index (χ3n) is 10.5. The summed E-state index contributed by atoms with van der Waals surface area (Å²) in [7, 11) is -0.818. The van der Waals surface area contributed by atoms with Crippen LogP contribution in [0, 0.1) is 17.8 Å². The van der Waals surface area contributed by atoms with Gasteiger partial charge in [0.1, 0.15) is 17.7 Å². The van der Waals surface area contributed by atoms with E-state index in [1.165, 1.54) is 0 Å². The van der Waals surface area contributed by atoms with Gasteiger partial charge in [-0.15, -0.1) is 0 Å². The third kappa shape index (κ3) is 6.57. The molecule has 1 unspecified atom stereocenters. The van der Waals surface area contributed by atoms with Crippen molar-refractivity contribution in [3.8, 4) is 17.4 Å². The van der Waals surface area contributed by atoms with E-state index in [0.717, 1.165) is 24.6 Å². The van der Waals surface area contributed by atoms with Gasteiger partial charge in [-0.2, -0.15) is 0 Å². The van der Waals surface area contributed by atoms with Crippen LogP contribution < -0.4 is 24.2 Å². The number of hydrogen-bond acceptors (Lipinski definition) is 9. The Balaban J connectivity index is 1.29. The van der Waals surface area contributed by atoms with Gasteiger partial charge in [0, 0.05) is 30.3 Å². The number of sulfonamides is 1. The average molecular weight is 683 g/mol. The second-order valence-corrected chi connectivity index (χ2v) is 16.6. The topological polar surface area (TPSA) is 153 Å². The van der Waals surface area contributed by atoms with Crippen molar-refractivity contribution in [2.75, 3.05) is 20.8 Å². The SMILES string of the molecule is COc1cc2ccnc(O[C@@H]3C[C@H]4C(=O)N[C@]5(C(=O)NS(=O)(=O)C6(C)CC6)CC5/C=C\CC[C@@H](C)C[C@@H](C)CC(=O)N4C3)c2cc1OC. The predicted octanol–water partition coefficient (Wildman–Crippen LogP) is 3.88. The number of pyridine rings is 1. The summed E-state index contributed by atoms with van der Waals surface area (Å²) in [6, 6.07) is 4.52. The summed E-state index contributed by atoms with van der Waals surface area (Å²) in [4.78, 5) is 47.7. The standard InChI is InChI=1S/C35H46N4O8S/c1-21-8-6-7-9-24-19-35(24,33(42)38-48(43,44)34(3)11-12-34)37-31(41)27-17-25(20-39(27)30(40)15-22(2)14-21)47-32-26-18-29(46-5)28(45-4)16-23(26)10-13-36-32/h7,9-10,13,16,18,21-22,24-25,27H,6,8,11-12,14-15,17,19-20H2,1-5H3,(H,37,41)(H,38,42)/b9-7-/t21-,22-,24?,25-,27+,35-/m1/s1. The summed E-state index contributed by atoms with van der Waals surface area (Å²) < 4.78 is 44.7. The normalized spacial score (nSPS) is 30.9. The Morgan fingerprint density at radius 1 is 1.08 bits per heavy atom. The molecular formula is C35H46N4O8S. The maximum absolute atomic E-state index is 14.1. The maximum atomic E-state index is 14.1. The van der Waals surface area contributed by atoms with Crippen molar-refractivity contribution in [1.29, 1.82) is 0 Å². The average Bonchev–Trinajstić information content (AvgIpc) is 3.92. The number of nitrogens with zero attached hydrogens (tertiary/aromatic N) is 2. The zero-order valence-corrected chi connectivity index (χ0v) is 29.1. The monoisotopic (exact) mass is 682 g/mol. The van der Waals surface area contributed by atoms with E-state index in [2.05, 4.69) is 28.9 Å². The van der Waals surface area contributed by atoms with Crippen LogP contribution in [0.1, 0.15) is 72.1 Å². The Bertz CT molecular complexity index is 1740. The van der Waals surface area contributed by atoms with E-state index in [1.807, 2.05) is 24.3 Å². The highest BCUT2D eigenvalue weighted by Crippen LogP contribution is 2.47. The molecule has 13 heteroatoms. The lowest BCUT2D eigenvalue weighted by molar-refractivity contribution is -0.140. The molecule has 2 N–H and O–H groups in total. The van der Waals surface area contributed by atoms with E-state index >= 15 is 0 Å². The van der Waals surface area contributed by atoms with Crippen molar-refractivity contribution >= 4 is 38.5 Å². The molecule has 2 aliphatic heterocycles. The minimum Gasteiger partial charge on any atom is -0.493 e. The van der Waals surface area contributed by atoms with Crippen molar-refractivity contribution in [3.05, 3.63) is 36.5 Å². The van der Waals surface area contributed by atoms with Crippen LogP contribution in [-0.2, 0) is 24.4 Å². The molecule has 2 aliphatic carbocycles. The van der Waals surface area contributed by atoms with E-state index in [-0.39, 0.29) is 43.6 Å². The van der Waals surface area contributed by atoms with Crippen LogP contribution in [0.25, 0.3) is 10.8 Å². The minimum atomic E-state index is -3.92. The van der Waals surface area contributed by atoms with E-state index in [9.17, 15) is 22.8 Å². The van der Waals surface area contributed by atoms with Crippen molar-refractivity contribution in [2.24, 2.45) is 17.8 Å². The Morgan fingerprint density at radius 3 is 2.52 bits per heavy atom. The van der Waals surface area contributed by atoms with Crippen LogP contribution in [0.3, 0.4) is 0 Å². The first-order valence-electron chi connectivity index (χ1n) is 16.8. The smallest absolute Gasteiger partial charge is 0.259 e. The molecule has 1 aromatic carbocycles. The molecule has 6 rings (SSSR count). The minimum absolute atomic E-state index is 0.104. The lowest BCUT2D eigenvalue weighted by atomic mass is 9.91. The number of allylic oxidation sites excluding steroid dienone is 1. The molecule has 3 heterocycles. The Labute approximate surface area is 282 Å². The van der Waals surface area contributed by atoms with Gasteiger partial charge in [-0.05, 0) is 80.9 Å². The Hall–Kier alpha value is -3.87. The first-order valence-corrected chi connectivity index (χ1v) is 18.3. The first kappa shape index (κ1) is 34.0. The summed E-state index contributed by atoms with van der Waals surface area (Å²) in [5.74, 6) is 0.0945. The van der Waals surface area contributed by atoms with Crippen LogP contribution in [0.4, 0.5) is 0 Å². The number of nitrogens with one attached hydrogen (secondary N) is 2. The predicted molar refractivity (Wildman–Crippen MR) is 179 cm³/mol. The molecular weight excluding hydrogens is 636 g/mol. The zero-order chi connectivity index (χ0) is 34.4. The highest BCUT2D eigenvalue weighted by Gasteiger charge is 2.63. The van der Waals surface area contributed by atoms with E-state index in [0.29, 0.717) is 41.5 Å². The molecule has 1 saturated heterocycles. The number of aromatic nitrogens is 1. The number of carbonyl (C=O) groups is 3. The maximum Gasteiger partial charge on any atom is 0.259 e. The fraction of sp³-hybridized carbons (Fsp3) is 0.600. The largest absolute Gasteiger partial charge is 0.493 e. The van der Waals surface area contributed by atoms with Crippen LogP contribution in [0.15, 0.2) is 36.5 Å². The van der Waals surface area contributed by atoms with E-state index < -0.39 is 44.3 Å². The van der Waals surface area contributed by atoms with Crippen molar-refractivity contribution in [2.45, 2.75) is 94.6 Å². The molecule has 2 aromatic rings. The first-order chi connectivity index (χ1) is 22.8. The number of methoxy groups -OCH3 is 2. The third-order valence-corrected chi connectivity index (χ3v) is 12.7. The van der Waals surface area contributed by atoms with Gasteiger partial charge in [0.15, 0.2) is 11.5 Å². The van der Waals surface area contributed by atoms with Crippen molar-refractivity contribution in [1.82, 2.24) is 19.9 Å². The molecule has 1 aromatic heterocycles. The van der Waals surface area contributed by atoms with Gasteiger partial charge in [-0.25, -0.2) is 13.4 Å². The molecule has 48 heavy (non-hydrogen) atoms. The Kier molecular flexibility index (Phi) is 9.12. The second kappa shape index (κ2) is 12.9. The van der Waals surface area contributed by atoms with Gasteiger partial charge in [0.05, 0.1) is 25.5 Å². The molecule has 2 saturated carbocycles. The van der Waals surface area contributed by atoms with Crippen LogP contribution in [0.5, 0.6) is 17.4 Å². The fourth-order valence-electron chi connectivity index (χ4n) is 7.14. The molecule has 12 nitrogen and oxygen atoms in total. The summed E-state index contributed by atoms with van der Waals surface area (Å²) >= 11 is 0. The molecule has 0 bridgehead atoms. The quantitative estimate of drug-likeness (QED) is 0.415. The summed E-state index contributed by atoms with van der Waals surface area (Å²) in [5.41, 5.74) is -1.43. The molecule has 3 amide bonds. The van der Waals surface area contributed by atoms with Gasteiger partial charge in [0.2, 0.25) is 27.7 Å². The van der Waals surface area contributed by atoms with Gasteiger partial charge >= 0.3 is 0 Å². The van der Waals surface area contributed by atoms with Gasteiger partial charge in [-0.3, -0.25) is 19.1 Å². The highest BCUT2D eigenvalue weighted by molar-refractivity contribution is 7.91. The van der Waals surface area contributed by atoms with E-state index in [4.69, 9.17) is 14.2 Å². The van der Waals surface area contributed by atoms with Crippen LogP contribution in [-0.4, -0.2) is 79.2 Å². The number of hydrogen-bond donors (Lipinski definition) is 2. The number of ether oxygens (including phenoxy) is 3. The molecule has 3 fully saturated rings.